The number of halogens is 3. The zero-order valence-electron chi connectivity index (χ0n) is 9.75. The Balaban J connectivity index is 2.50. The summed E-state index contributed by atoms with van der Waals surface area (Å²) in [6.07, 6.45) is -0.964. The number of nitrogens with one attached hydrogen (secondary N) is 1. The minimum atomic E-state index is -3.34. The summed E-state index contributed by atoms with van der Waals surface area (Å²) >= 11 is 3.13. The first-order chi connectivity index (χ1) is 8.85. The fraction of sp³-hybridized carbons (Fsp3) is 0.364. The van der Waals surface area contributed by atoms with Crippen molar-refractivity contribution in [2.24, 2.45) is 0 Å². The molecule has 1 fully saturated rings. The Kier molecular flexibility index (Phi) is 3.53. The minimum Gasteiger partial charge on any atom is -0.504 e. The number of hydrogen-bond acceptors (Lipinski definition) is 4. The van der Waals surface area contributed by atoms with E-state index in [1.165, 1.54) is 19.2 Å². The van der Waals surface area contributed by atoms with Crippen molar-refractivity contribution in [2.45, 2.75) is 12.0 Å². The highest BCUT2D eigenvalue weighted by molar-refractivity contribution is 9.10. The van der Waals surface area contributed by atoms with E-state index in [0.717, 1.165) is 0 Å². The molecule has 5 nitrogen and oxygen atoms in total. The van der Waals surface area contributed by atoms with Crippen LogP contribution >= 0.6 is 15.9 Å². The molecule has 19 heavy (non-hydrogen) atoms. The van der Waals surface area contributed by atoms with Crippen molar-refractivity contribution >= 4 is 22.0 Å². The summed E-state index contributed by atoms with van der Waals surface area (Å²) in [5, 5.41) is 11.9. The molecule has 0 aromatic heterocycles. The molecule has 0 bridgehead atoms. The summed E-state index contributed by atoms with van der Waals surface area (Å²) in [6, 6.07) is 1.04. The maximum atomic E-state index is 13.8. The van der Waals surface area contributed by atoms with Crippen molar-refractivity contribution in [3.63, 3.8) is 0 Å². The molecule has 1 heterocycles. The molecule has 1 amide bonds. The molecule has 104 valence electrons. The molecule has 1 aliphatic rings. The van der Waals surface area contributed by atoms with Gasteiger partial charge in [-0.2, -0.15) is 0 Å². The van der Waals surface area contributed by atoms with Crippen LogP contribution in [0.5, 0.6) is 11.5 Å². The quantitative estimate of drug-likeness (QED) is 0.870. The van der Waals surface area contributed by atoms with Crippen molar-refractivity contribution in [1.29, 1.82) is 0 Å². The van der Waals surface area contributed by atoms with Crippen molar-refractivity contribution in [2.75, 3.05) is 13.7 Å². The fourth-order valence-corrected chi connectivity index (χ4v) is 2.24. The van der Waals surface area contributed by atoms with E-state index in [-0.39, 0.29) is 11.3 Å². The number of alkyl halides is 2. The van der Waals surface area contributed by atoms with Crippen LogP contribution in [0, 0.1) is 0 Å². The lowest BCUT2D eigenvalue weighted by atomic mass is 9.98. The first-order valence-corrected chi connectivity index (χ1v) is 6.02. The van der Waals surface area contributed by atoms with Gasteiger partial charge in [-0.15, -0.1) is 0 Å². The Morgan fingerprint density at radius 3 is 2.89 bits per heavy atom. The number of ether oxygens (including phenoxy) is 2. The number of benzene rings is 1. The number of amides is 1. The van der Waals surface area contributed by atoms with Gasteiger partial charge >= 0.3 is 12.0 Å². The molecule has 8 heteroatoms. The van der Waals surface area contributed by atoms with Crippen LogP contribution in [-0.2, 0) is 4.74 Å². The van der Waals surface area contributed by atoms with Crippen LogP contribution in [0.15, 0.2) is 16.6 Å². The molecule has 1 aromatic rings. The SMILES string of the molecule is COc1cc(Br)cc([C@H]2NC(=O)OCC2(F)F)c1O. The third-order valence-corrected chi connectivity index (χ3v) is 3.14. The number of carbonyl (C=O) groups is 1. The molecule has 2 rings (SSSR count). The molecular formula is C11H10BrF2NO4. The van der Waals surface area contributed by atoms with Gasteiger partial charge in [0.05, 0.1) is 7.11 Å². The van der Waals surface area contributed by atoms with E-state index in [9.17, 15) is 18.7 Å². The van der Waals surface area contributed by atoms with E-state index in [4.69, 9.17) is 4.74 Å². The van der Waals surface area contributed by atoms with Gasteiger partial charge in [0.1, 0.15) is 6.04 Å². The molecular weight excluding hydrogens is 328 g/mol. The highest BCUT2D eigenvalue weighted by atomic mass is 79.9. The molecule has 0 saturated carbocycles. The molecule has 1 saturated heterocycles. The average Bonchev–Trinajstić information content (AvgIpc) is 2.35. The number of rotatable bonds is 2. The Hall–Kier alpha value is -1.57. The zero-order chi connectivity index (χ0) is 14.2. The molecule has 1 aliphatic heterocycles. The predicted molar refractivity (Wildman–Crippen MR) is 64.5 cm³/mol. The van der Waals surface area contributed by atoms with Crippen LogP contribution in [0.4, 0.5) is 13.6 Å². The van der Waals surface area contributed by atoms with Crippen molar-refractivity contribution in [3.05, 3.63) is 22.2 Å². The van der Waals surface area contributed by atoms with E-state index >= 15 is 0 Å². The van der Waals surface area contributed by atoms with Gasteiger partial charge in [-0.3, -0.25) is 0 Å². The lowest BCUT2D eigenvalue weighted by Crippen LogP contribution is -2.49. The topological polar surface area (TPSA) is 67.8 Å². The van der Waals surface area contributed by atoms with Crippen LogP contribution in [-0.4, -0.2) is 30.8 Å². The van der Waals surface area contributed by atoms with Gasteiger partial charge in [0.2, 0.25) is 0 Å². The van der Waals surface area contributed by atoms with Crippen molar-refractivity contribution in [3.8, 4) is 11.5 Å². The smallest absolute Gasteiger partial charge is 0.408 e. The second-order valence-corrected chi connectivity index (χ2v) is 4.88. The van der Waals surface area contributed by atoms with Crippen LogP contribution < -0.4 is 10.1 Å². The second kappa shape index (κ2) is 4.84. The molecule has 1 atom stereocenters. The number of methoxy groups -OCH3 is 1. The normalized spacial score (nSPS) is 21.5. The summed E-state index contributed by atoms with van der Waals surface area (Å²) in [7, 11) is 1.30. The van der Waals surface area contributed by atoms with Gasteiger partial charge in [-0.05, 0) is 12.1 Å². The number of phenolic OH excluding ortho intramolecular Hbond substituents is 1. The third-order valence-electron chi connectivity index (χ3n) is 2.68. The Bertz CT molecular complexity index is 524. The molecule has 1 aromatic carbocycles. The van der Waals surface area contributed by atoms with Gasteiger partial charge in [0.25, 0.3) is 0 Å². The monoisotopic (exact) mass is 337 g/mol. The van der Waals surface area contributed by atoms with E-state index in [0.29, 0.717) is 4.47 Å². The van der Waals surface area contributed by atoms with Gasteiger partial charge < -0.3 is 19.9 Å². The van der Waals surface area contributed by atoms with Gasteiger partial charge in [0, 0.05) is 10.0 Å². The fourth-order valence-electron chi connectivity index (χ4n) is 1.79. The summed E-state index contributed by atoms with van der Waals surface area (Å²) in [5.41, 5.74) is -0.145. The van der Waals surface area contributed by atoms with E-state index in [2.05, 4.69) is 20.7 Å². The maximum absolute atomic E-state index is 13.8. The average molecular weight is 338 g/mol. The van der Waals surface area contributed by atoms with E-state index in [1.54, 1.807) is 0 Å². The Morgan fingerprint density at radius 1 is 1.58 bits per heavy atom. The van der Waals surface area contributed by atoms with Gasteiger partial charge in [-0.25, -0.2) is 13.6 Å². The largest absolute Gasteiger partial charge is 0.504 e. The van der Waals surface area contributed by atoms with Crippen molar-refractivity contribution in [1.82, 2.24) is 5.32 Å². The number of hydrogen-bond donors (Lipinski definition) is 2. The molecule has 2 N–H and O–H groups in total. The lowest BCUT2D eigenvalue weighted by molar-refractivity contribution is -0.104. The minimum absolute atomic E-state index is 0.0286. The molecule has 0 spiro atoms. The Morgan fingerprint density at radius 2 is 2.26 bits per heavy atom. The zero-order valence-corrected chi connectivity index (χ0v) is 11.3. The maximum Gasteiger partial charge on any atom is 0.408 e. The number of cyclic esters (lactones) is 1. The van der Waals surface area contributed by atoms with Crippen LogP contribution in [0.25, 0.3) is 0 Å². The standard InChI is InChI=1S/C11H10BrF2NO4/c1-18-7-3-5(12)2-6(8(7)16)9-11(13,14)4-19-10(17)15-9/h2-3,9,16H,4H2,1H3,(H,15,17)/t9-/m1/s1. The number of aromatic hydroxyl groups is 1. The third kappa shape index (κ3) is 2.58. The van der Waals surface area contributed by atoms with Gasteiger partial charge in [0.15, 0.2) is 18.1 Å². The van der Waals surface area contributed by atoms with Crippen LogP contribution in [0.2, 0.25) is 0 Å². The summed E-state index contributed by atoms with van der Waals surface area (Å²) in [5.74, 6) is -3.75. The first-order valence-electron chi connectivity index (χ1n) is 5.22. The van der Waals surface area contributed by atoms with Crippen LogP contribution in [0.1, 0.15) is 11.6 Å². The molecule has 0 aliphatic carbocycles. The van der Waals surface area contributed by atoms with E-state index < -0.39 is 30.4 Å². The van der Waals surface area contributed by atoms with Gasteiger partial charge in [-0.1, -0.05) is 15.9 Å². The predicted octanol–water partition coefficient (Wildman–Crippen LogP) is 2.58. The van der Waals surface area contributed by atoms with Crippen LogP contribution in [0.3, 0.4) is 0 Å². The highest BCUT2D eigenvalue weighted by Gasteiger charge is 2.48. The number of carbonyl (C=O) groups excluding carboxylic acids is 1. The summed E-state index contributed by atoms with van der Waals surface area (Å²) in [6.45, 7) is -1.04. The summed E-state index contributed by atoms with van der Waals surface area (Å²) < 4.78 is 37.1. The Labute approximate surface area is 115 Å². The lowest BCUT2D eigenvalue weighted by Gasteiger charge is -2.32. The molecule has 0 radical (unpaired) electrons. The number of phenols is 1. The first kappa shape index (κ1) is 13.9. The molecule has 0 unspecified atom stereocenters. The van der Waals surface area contributed by atoms with Crippen molar-refractivity contribution < 1.29 is 28.2 Å². The summed E-state index contributed by atoms with van der Waals surface area (Å²) in [4.78, 5) is 11.1. The highest BCUT2D eigenvalue weighted by Crippen LogP contribution is 2.43. The number of alkyl carbamates (subject to hydrolysis) is 1. The second-order valence-electron chi connectivity index (χ2n) is 3.96. The van der Waals surface area contributed by atoms with E-state index in [1.807, 2.05) is 5.32 Å².